The number of pyridine rings is 1. The zero-order valence-electron chi connectivity index (χ0n) is 13.9. The molecule has 0 spiro atoms. The van der Waals surface area contributed by atoms with E-state index < -0.39 is 0 Å². The van der Waals surface area contributed by atoms with Gasteiger partial charge in [-0.05, 0) is 37.6 Å². The number of ether oxygens (including phenoxy) is 1. The molecule has 0 aliphatic carbocycles. The number of carbonyl (C=O) groups excluding carboxylic acids is 1. The van der Waals surface area contributed by atoms with Gasteiger partial charge in [0.25, 0.3) is 0 Å². The zero-order valence-corrected chi connectivity index (χ0v) is 13.9. The second-order valence-electron chi connectivity index (χ2n) is 6.58. The fraction of sp³-hybridized carbons (Fsp3) is 0.647. The monoisotopic (exact) mass is 318 g/mol. The first kappa shape index (κ1) is 16.2. The van der Waals surface area contributed by atoms with E-state index in [1.165, 1.54) is 0 Å². The number of rotatable bonds is 5. The largest absolute Gasteiger partial charge is 0.375 e. The van der Waals surface area contributed by atoms with Gasteiger partial charge in [-0.2, -0.15) is 0 Å². The third kappa shape index (κ3) is 4.00. The molecule has 1 aromatic rings. The summed E-state index contributed by atoms with van der Waals surface area (Å²) in [5.41, 5.74) is 1.03. The first-order valence-corrected chi connectivity index (χ1v) is 8.43. The summed E-state index contributed by atoms with van der Waals surface area (Å²) in [4.78, 5) is 18.9. The van der Waals surface area contributed by atoms with Crippen molar-refractivity contribution in [2.24, 2.45) is 11.8 Å². The molecule has 2 aliphatic rings. The van der Waals surface area contributed by atoms with E-state index in [0.717, 1.165) is 44.2 Å². The van der Waals surface area contributed by atoms with Gasteiger partial charge in [0.2, 0.25) is 5.91 Å². The smallest absolute Gasteiger partial charge is 0.223 e. The lowest BCUT2D eigenvalue weighted by molar-refractivity contribution is -0.126. The Morgan fingerprint density at radius 3 is 2.96 bits per heavy atom. The van der Waals surface area contributed by atoms with E-state index in [-0.39, 0.29) is 17.9 Å². The SMILES string of the molecule is CC1CN(c2ccc(CNC(=O)C(C)C3CNC3)cn2)CCO1. The Morgan fingerprint density at radius 2 is 2.35 bits per heavy atom. The quantitative estimate of drug-likeness (QED) is 0.840. The summed E-state index contributed by atoms with van der Waals surface area (Å²) in [6.07, 6.45) is 2.10. The van der Waals surface area contributed by atoms with Gasteiger partial charge >= 0.3 is 0 Å². The number of hydrogen-bond acceptors (Lipinski definition) is 5. The first-order valence-electron chi connectivity index (χ1n) is 8.43. The predicted octanol–water partition coefficient (Wildman–Crippen LogP) is 0.778. The second kappa shape index (κ2) is 7.27. The summed E-state index contributed by atoms with van der Waals surface area (Å²) >= 11 is 0. The minimum atomic E-state index is 0.0679. The van der Waals surface area contributed by atoms with Gasteiger partial charge in [-0.3, -0.25) is 4.79 Å². The van der Waals surface area contributed by atoms with E-state index in [4.69, 9.17) is 4.74 Å². The number of nitrogens with one attached hydrogen (secondary N) is 2. The molecule has 3 heterocycles. The molecule has 2 aliphatic heterocycles. The lowest BCUT2D eigenvalue weighted by atomic mass is 9.88. The maximum Gasteiger partial charge on any atom is 0.223 e. The van der Waals surface area contributed by atoms with Crippen molar-refractivity contribution in [3.63, 3.8) is 0 Å². The highest BCUT2D eigenvalue weighted by molar-refractivity contribution is 5.78. The molecule has 2 N–H and O–H groups in total. The van der Waals surface area contributed by atoms with Crippen LogP contribution in [-0.4, -0.2) is 49.8 Å². The molecular formula is C17H26N4O2. The lowest BCUT2D eigenvalue weighted by Gasteiger charge is -2.32. The maximum atomic E-state index is 12.1. The molecule has 2 atom stereocenters. The van der Waals surface area contributed by atoms with Crippen LogP contribution in [0.3, 0.4) is 0 Å². The molecule has 126 valence electrons. The molecule has 2 saturated heterocycles. The standard InChI is InChI=1S/C17H26N4O2/c1-12-11-21(5-6-23-12)16-4-3-14(7-19-16)8-20-17(22)13(2)15-9-18-10-15/h3-4,7,12-13,15,18H,5-6,8-11H2,1-2H3,(H,20,22). The highest BCUT2D eigenvalue weighted by Gasteiger charge is 2.28. The van der Waals surface area contributed by atoms with Crippen LogP contribution in [0.4, 0.5) is 5.82 Å². The van der Waals surface area contributed by atoms with Crippen molar-refractivity contribution >= 4 is 11.7 Å². The van der Waals surface area contributed by atoms with Crippen LogP contribution < -0.4 is 15.5 Å². The Bertz CT molecular complexity index is 530. The van der Waals surface area contributed by atoms with Gasteiger partial charge < -0.3 is 20.3 Å². The van der Waals surface area contributed by atoms with Gasteiger partial charge in [-0.15, -0.1) is 0 Å². The number of aromatic nitrogens is 1. The fourth-order valence-corrected chi connectivity index (χ4v) is 2.96. The Hall–Kier alpha value is -1.66. The number of amides is 1. The molecule has 23 heavy (non-hydrogen) atoms. The molecule has 1 amide bonds. The zero-order chi connectivity index (χ0) is 16.2. The average Bonchev–Trinajstić information content (AvgIpc) is 2.51. The van der Waals surface area contributed by atoms with Crippen molar-refractivity contribution in [1.82, 2.24) is 15.6 Å². The fourth-order valence-electron chi connectivity index (χ4n) is 2.96. The van der Waals surface area contributed by atoms with E-state index >= 15 is 0 Å². The second-order valence-corrected chi connectivity index (χ2v) is 6.58. The Morgan fingerprint density at radius 1 is 1.52 bits per heavy atom. The Balaban J connectivity index is 1.50. The van der Waals surface area contributed by atoms with Crippen LogP contribution in [0, 0.1) is 11.8 Å². The third-order valence-electron chi connectivity index (χ3n) is 4.77. The van der Waals surface area contributed by atoms with Gasteiger partial charge in [0, 0.05) is 31.7 Å². The van der Waals surface area contributed by atoms with Gasteiger partial charge in [-0.1, -0.05) is 13.0 Å². The molecule has 6 nitrogen and oxygen atoms in total. The van der Waals surface area contributed by atoms with Crippen molar-refractivity contribution in [2.75, 3.05) is 37.7 Å². The molecule has 2 unspecified atom stereocenters. The van der Waals surface area contributed by atoms with Crippen LogP contribution in [0.5, 0.6) is 0 Å². The predicted molar refractivity (Wildman–Crippen MR) is 89.2 cm³/mol. The molecule has 0 radical (unpaired) electrons. The van der Waals surface area contributed by atoms with Gasteiger partial charge in [0.05, 0.1) is 12.7 Å². The molecule has 2 fully saturated rings. The van der Waals surface area contributed by atoms with Crippen LogP contribution in [0.1, 0.15) is 19.4 Å². The van der Waals surface area contributed by atoms with Crippen molar-refractivity contribution in [2.45, 2.75) is 26.5 Å². The molecule has 0 aromatic carbocycles. The van der Waals surface area contributed by atoms with Crippen molar-refractivity contribution in [1.29, 1.82) is 0 Å². The number of anilines is 1. The Labute approximate surface area is 137 Å². The van der Waals surface area contributed by atoms with Crippen LogP contribution in [0.15, 0.2) is 18.3 Å². The van der Waals surface area contributed by atoms with Crippen molar-refractivity contribution in [3.8, 4) is 0 Å². The van der Waals surface area contributed by atoms with Crippen molar-refractivity contribution in [3.05, 3.63) is 23.9 Å². The maximum absolute atomic E-state index is 12.1. The molecule has 1 aromatic heterocycles. The van der Waals surface area contributed by atoms with Crippen molar-refractivity contribution < 1.29 is 9.53 Å². The van der Waals surface area contributed by atoms with E-state index in [2.05, 4.69) is 27.4 Å². The summed E-state index contributed by atoms with van der Waals surface area (Å²) in [5.74, 6) is 1.64. The van der Waals surface area contributed by atoms with Gasteiger partial charge in [-0.25, -0.2) is 4.98 Å². The lowest BCUT2D eigenvalue weighted by Crippen LogP contribution is -2.49. The molecule has 0 saturated carbocycles. The molecule has 3 rings (SSSR count). The summed E-state index contributed by atoms with van der Waals surface area (Å²) < 4.78 is 5.55. The Kier molecular flexibility index (Phi) is 5.13. The first-order chi connectivity index (χ1) is 11.1. The number of morpholine rings is 1. The van der Waals surface area contributed by atoms with E-state index in [0.29, 0.717) is 12.5 Å². The summed E-state index contributed by atoms with van der Waals surface area (Å²) in [6.45, 7) is 9.00. The van der Waals surface area contributed by atoms with Crippen LogP contribution >= 0.6 is 0 Å². The summed E-state index contributed by atoms with van der Waals surface area (Å²) in [7, 11) is 0. The van der Waals surface area contributed by atoms with Crippen LogP contribution in [-0.2, 0) is 16.1 Å². The summed E-state index contributed by atoms with van der Waals surface area (Å²) in [6, 6.07) is 4.07. The van der Waals surface area contributed by atoms with Crippen LogP contribution in [0.25, 0.3) is 0 Å². The van der Waals surface area contributed by atoms with E-state index in [1.807, 2.05) is 25.3 Å². The highest BCUT2D eigenvalue weighted by atomic mass is 16.5. The van der Waals surface area contributed by atoms with Gasteiger partial charge in [0.15, 0.2) is 0 Å². The van der Waals surface area contributed by atoms with E-state index in [9.17, 15) is 4.79 Å². The average molecular weight is 318 g/mol. The van der Waals surface area contributed by atoms with Gasteiger partial charge in [0.1, 0.15) is 5.82 Å². The van der Waals surface area contributed by atoms with Crippen LogP contribution in [0.2, 0.25) is 0 Å². The molecule has 0 bridgehead atoms. The minimum absolute atomic E-state index is 0.0679. The van der Waals surface area contributed by atoms with E-state index in [1.54, 1.807) is 0 Å². The minimum Gasteiger partial charge on any atom is -0.375 e. The molecular weight excluding hydrogens is 292 g/mol. The normalized spacial score (nSPS) is 23.2. The third-order valence-corrected chi connectivity index (χ3v) is 4.77. The topological polar surface area (TPSA) is 66.5 Å². The molecule has 6 heteroatoms. The number of nitrogens with zero attached hydrogens (tertiary/aromatic N) is 2. The highest BCUT2D eigenvalue weighted by Crippen LogP contribution is 2.17. The summed E-state index contributed by atoms with van der Waals surface area (Å²) in [5, 5.41) is 6.22. The number of hydrogen-bond donors (Lipinski definition) is 2. The number of carbonyl (C=O) groups is 1.